The molecule has 0 aliphatic heterocycles. The Balaban J connectivity index is 1.77. The number of aromatic nitrogens is 2. The highest BCUT2D eigenvalue weighted by molar-refractivity contribution is 7.13. The van der Waals surface area contributed by atoms with Crippen molar-refractivity contribution in [3.8, 4) is 22.0 Å². The lowest BCUT2D eigenvalue weighted by Crippen LogP contribution is -1.85. The molecule has 0 unspecified atom stereocenters. The number of hydrogen-bond donors (Lipinski definition) is 0. The first-order valence-corrected chi connectivity index (χ1v) is 7.65. The number of hydrogen-bond acceptors (Lipinski definition) is 3. The van der Waals surface area contributed by atoms with Crippen LogP contribution >= 0.6 is 11.3 Å². The number of rotatable bonds is 2. The molecular weight excluding hydrogens is 276 g/mol. The molecule has 2 nitrogen and oxygen atoms in total. The van der Waals surface area contributed by atoms with Gasteiger partial charge in [-0.25, -0.2) is 9.97 Å². The molecule has 0 N–H and O–H groups in total. The van der Waals surface area contributed by atoms with Crippen molar-refractivity contribution in [1.29, 1.82) is 0 Å². The second-order valence-corrected chi connectivity index (χ2v) is 5.65. The van der Waals surface area contributed by atoms with Crippen LogP contribution < -0.4 is 0 Å². The highest BCUT2D eigenvalue weighted by Gasteiger charge is 2.08. The van der Waals surface area contributed by atoms with Crippen LogP contribution in [-0.4, -0.2) is 9.97 Å². The van der Waals surface area contributed by atoms with Crippen molar-refractivity contribution in [2.45, 2.75) is 0 Å². The van der Waals surface area contributed by atoms with Gasteiger partial charge in [-0.15, -0.1) is 11.3 Å². The Morgan fingerprint density at radius 3 is 2.38 bits per heavy atom. The van der Waals surface area contributed by atoms with Crippen molar-refractivity contribution in [2.75, 3.05) is 0 Å². The van der Waals surface area contributed by atoms with E-state index in [2.05, 4.69) is 29.6 Å². The van der Waals surface area contributed by atoms with E-state index < -0.39 is 0 Å². The first-order chi connectivity index (χ1) is 10.4. The minimum absolute atomic E-state index is 0.931. The number of pyridine rings is 1. The van der Waals surface area contributed by atoms with Crippen LogP contribution in [0.1, 0.15) is 0 Å². The highest BCUT2D eigenvalue weighted by atomic mass is 32.1. The Labute approximate surface area is 126 Å². The average Bonchev–Trinajstić information content (AvgIpc) is 3.05. The van der Waals surface area contributed by atoms with Crippen molar-refractivity contribution in [3.05, 3.63) is 72.1 Å². The average molecular weight is 288 g/mol. The number of nitrogens with zero attached hydrogens (tertiary/aromatic N) is 2. The van der Waals surface area contributed by atoms with E-state index in [1.807, 2.05) is 42.5 Å². The van der Waals surface area contributed by atoms with Gasteiger partial charge < -0.3 is 0 Å². The van der Waals surface area contributed by atoms with E-state index in [0.29, 0.717) is 0 Å². The van der Waals surface area contributed by atoms with E-state index in [-0.39, 0.29) is 0 Å². The monoisotopic (exact) mass is 288 g/mol. The summed E-state index contributed by atoms with van der Waals surface area (Å²) in [6, 6.07) is 22.5. The molecule has 2 heterocycles. The van der Waals surface area contributed by atoms with Crippen LogP contribution in [0.15, 0.2) is 72.1 Å². The van der Waals surface area contributed by atoms with E-state index in [4.69, 9.17) is 9.97 Å². The predicted molar refractivity (Wildman–Crippen MR) is 88.3 cm³/mol. The largest absolute Gasteiger partial charge is 0.245 e. The molecule has 21 heavy (non-hydrogen) atoms. The zero-order valence-electron chi connectivity index (χ0n) is 11.2. The van der Waals surface area contributed by atoms with Gasteiger partial charge in [0.1, 0.15) is 5.01 Å². The zero-order valence-corrected chi connectivity index (χ0v) is 12.0. The summed E-state index contributed by atoms with van der Waals surface area (Å²) >= 11 is 1.63. The molecule has 0 atom stereocenters. The summed E-state index contributed by atoms with van der Waals surface area (Å²) in [5.41, 5.74) is 4.08. The molecule has 0 saturated carbocycles. The van der Waals surface area contributed by atoms with Crippen LogP contribution in [0.25, 0.3) is 32.9 Å². The summed E-state index contributed by atoms with van der Waals surface area (Å²) in [6.07, 6.45) is 0. The second kappa shape index (κ2) is 5.11. The van der Waals surface area contributed by atoms with Gasteiger partial charge in [-0.05, 0) is 12.1 Å². The maximum Gasteiger partial charge on any atom is 0.142 e. The Morgan fingerprint density at radius 2 is 1.48 bits per heavy atom. The smallest absolute Gasteiger partial charge is 0.142 e. The van der Waals surface area contributed by atoms with E-state index in [1.165, 1.54) is 0 Å². The van der Waals surface area contributed by atoms with E-state index in [0.717, 1.165) is 32.9 Å². The lowest BCUT2D eigenvalue weighted by Gasteiger charge is -1.99. The first-order valence-electron chi connectivity index (χ1n) is 6.77. The molecule has 3 heteroatoms. The molecular formula is C18H12N2S. The van der Waals surface area contributed by atoms with Gasteiger partial charge in [0, 0.05) is 16.3 Å². The molecule has 0 aliphatic rings. The molecule has 4 rings (SSSR count). The summed E-state index contributed by atoms with van der Waals surface area (Å²) < 4.78 is 0. The highest BCUT2D eigenvalue weighted by Crippen LogP contribution is 2.28. The molecule has 4 aromatic rings. The number of para-hydroxylation sites is 1. The molecule has 0 fully saturated rings. The Kier molecular flexibility index (Phi) is 2.98. The van der Waals surface area contributed by atoms with Gasteiger partial charge in [0.15, 0.2) is 0 Å². The lowest BCUT2D eigenvalue weighted by molar-refractivity contribution is 1.34. The Bertz CT molecular complexity index is 897. The molecule has 100 valence electrons. The SMILES string of the molecule is c1ccc(-c2csc(-c3ccc4ccccc4n3)n2)cc1. The Hall–Kier alpha value is -2.52. The van der Waals surface area contributed by atoms with Crippen LogP contribution in [0.3, 0.4) is 0 Å². The number of fused-ring (bicyclic) bond motifs is 1. The summed E-state index contributed by atoms with van der Waals surface area (Å²) in [5, 5.41) is 4.20. The summed E-state index contributed by atoms with van der Waals surface area (Å²) in [6.45, 7) is 0. The van der Waals surface area contributed by atoms with E-state index in [9.17, 15) is 0 Å². The van der Waals surface area contributed by atoms with Gasteiger partial charge in [0.2, 0.25) is 0 Å². The van der Waals surface area contributed by atoms with Crippen molar-refractivity contribution >= 4 is 22.2 Å². The molecule has 0 radical (unpaired) electrons. The zero-order chi connectivity index (χ0) is 14.1. The fraction of sp³-hybridized carbons (Fsp3) is 0. The minimum atomic E-state index is 0.931. The second-order valence-electron chi connectivity index (χ2n) is 4.79. The predicted octanol–water partition coefficient (Wildman–Crippen LogP) is 5.03. The molecule has 0 aliphatic carbocycles. The fourth-order valence-corrected chi connectivity index (χ4v) is 3.12. The van der Waals surface area contributed by atoms with Gasteiger partial charge in [-0.1, -0.05) is 54.6 Å². The van der Waals surface area contributed by atoms with Crippen LogP contribution in [0.2, 0.25) is 0 Å². The summed E-state index contributed by atoms with van der Waals surface area (Å²) in [7, 11) is 0. The van der Waals surface area contributed by atoms with E-state index in [1.54, 1.807) is 11.3 Å². The third-order valence-corrected chi connectivity index (χ3v) is 4.26. The number of thiazole rings is 1. The maximum absolute atomic E-state index is 4.71. The van der Waals surface area contributed by atoms with Gasteiger partial charge >= 0.3 is 0 Å². The van der Waals surface area contributed by atoms with Crippen molar-refractivity contribution in [2.24, 2.45) is 0 Å². The van der Waals surface area contributed by atoms with E-state index >= 15 is 0 Å². The molecule has 0 saturated heterocycles. The molecule has 2 aromatic heterocycles. The normalized spacial score (nSPS) is 10.9. The quantitative estimate of drug-likeness (QED) is 0.517. The van der Waals surface area contributed by atoms with Crippen LogP contribution in [0.5, 0.6) is 0 Å². The van der Waals surface area contributed by atoms with Crippen LogP contribution in [0, 0.1) is 0 Å². The lowest BCUT2D eigenvalue weighted by atomic mass is 10.2. The van der Waals surface area contributed by atoms with Crippen molar-refractivity contribution in [3.63, 3.8) is 0 Å². The maximum atomic E-state index is 4.71. The first kappa shape index (κ1) is 12.2. The van der Waals surface area contributed by atoms with Crippen molar-refractivity contribution in [1.82, 2.24) is 9.97 Å². The fourth-order valence-electron chi connectivity index (χ4n) is 2.32. The van der Waals surface area contributed by atoms with Gasteiger partial charge in [0.25, 0.3) is 0 Å². The summed E-state index contributed by atoms with van der Waals surface area (Å²) in [5.74, 6) is 0. The minimum Gasteiger partial charge on any atom is -0.245 e. The molecule has 2 aromatic carbocycles. The molecule has 0 bridgehead atoms. The Morgan fingerprint density at radius 1 is 0.667 bits per heavy atom. The van der Waals surface area contributed by atoms with Crippen LogP contribution in [0.4, 0.5) is 0 Å². The molecule has 0 amide bonds. The van der Waals surface area contributed by atoms with Crippen LogP contribution in [-0.2, 0) is 0 Å². The van der Waals surface area contributed by atoms with Crippen molar-refractivity contribution < 1.29 is 0 Å². The van der Waals surface area contributed by atoms with Gasteiger partial charge in [-0.3, -0.25) is 0 Å². The third-order valence-electron chi connectivity index (χ3n) is 3.39. The number of benzene rings is 2. The summed E-state index contributed by atoms with van der Waals surface area (Å²) in [4.78, 5) is 9.41. The van der Waals surface area contributed by atoms with Gasteiger partial charge in [-0.2, -0.15) is 0 Å². The third kappa shape index (κ3) is 2.32. The topological polar surface area (TPSA) is 25.8 Å². The molecule has 0 spiro atoms. The van der Waals surface area contributed by atoms with Gasteiger partial charge in [0.05, 0.1) is 16.9 Å². The standard InChI is InChI=1S/C18H12N2S/c1-2-6-13(7-3-1)17-12-21-18(20-17)16-11-10-14-8-4-5-9-15(14)19-16/h1-12H.